The predicted molar refractivity (Wildman–Crippen MR) is 90.9 cm³/mol. The third kappa shape index (κ3) is 4.49. The fraction of sp³-hybridized carbons (Fsp3) is 0.444. The summed E-state index contributed by atoms with van der Waals surface area (Å²) in [7, 11) is 1.66. The van der Waals surface area contributed by atoms with Crippen LogP contribution in [0.3, 0.4) is 0 Å². The lowest BCUT2D eigenvalue weighted by Gasteiger charge is -2.30. The Kier molecular flexibility index (Phi) is 5.72. The van der Waals surface area contributed by atoms with E-state index in [-0.39, 0.29) is 5.82 Å². The molecular weight excluding hydrogens is 307 g/mol. The van der Waals surface area contributed by atoms with E-state index in [4.69, 9.17) is 4.74 Å². The van der Waals surface area contributed by atoms with Gasteiger partial charge in [-0.1, -0.05) is 29.5 Å². The van der Waals surface area contributed by atoms with Gasteiger partial charge in [0.2, 0.25) is 0 Å². The van der Waals surface area contributed by atoms with Crippen LogP contribution in [0.5, 0.6) is 0 Å². The summed E-state index contributed by atoms with van der Waals surface area (Å²) in [5.74, 6) is -0.198. The zero-order valence-corrected chi connectivity index (χ0v) is 13.9. The molecular formula is C18H23FN4O. The predicted octanol–water partition coefficient (Wildman–Crippen LogP) is 2.91. The molecule has 1 aromatic heterocycles. The minimum Gasteiger partial charge on any atom is -0.378 e. The first-order valence-electron chi connectivity index (χ1n) is 8.28. The fourth-order valence-corrected chi connectivity index (χ4v) is 2.98. The molecule has 0 bridgehead atoms. The van der Waals surface area contributed by atoms with E-state index in [0.29, 0.717) is 12.6 Å². The highest BCUT2D eigenvalue weighted by Gasteiger charge is 2.20. The Labute approximate surface area is 141 Å². The minimum absolute atomic E-state index is 0.198. The van der Waals surface area contributed by atoms with Crippen molar-refractivity contribution in [3.05, 3.63) is 53.6 Å². The number of piperidine rings is 1. The average Bonchev–Trinajstić information content (AvgIpc) is 3.06. The summed E-state index contributed by atoms with van der Waals surface area (Å²) in [5.41, 5.74) is 1.90. The van der Waals surface area contributed by atoms with Crippen LogP contribution >= 0.6 is 0 Å². The van der Waals surface area contributed by atoms with Gasteiger partial charge in [-0.3, -0.25) is 4.90 Å². The van der Waals surface area contributed by atoms with Gasteiger partial charge in [0, 0.05) is 26.7 Å². The number of hydrogen-bond donors (Lipinski definition) is 0. The molecule has 5 nitrogen and oxygen atoms in total. The Morgan fingerprint density at radius 3 is 2.71 bits per heavy atom. The number of ether oxygens (including phenoxy) is 1. The van der Waals surface area contributed by atoms with Crippen molar-refractivity contribution in [1.82, 2.24) is 19.9 Å². The van der Waals surface area contributed by atoms with Gasteiger partial charge in [-0.2, -0.15) is 0 Å². The maximum atomic E-state index is 12.9. The van der Waals surface area contributed by atoms with Gasteiger partial charge in [0.15, 0.2) is 0 Å². The van der Waals surface area contributed by atoms with E-state index in [2.05, 4.69) is 21.3 Å². The molecule has 6 heteroatoms. The van der Waals surface area contributed by atoms with E-state index in [9.17, 15) is 4.39 Å². The lowest BCUT2D eigenvalue weighted by atomic mass is 10.1. The molecule has 1 aromatic carbocycles. The number of aromatic nitrogens is 3. The number of rotatable bonds is 6. The third-order valence-corrected chi connectivity index (χ3v) is 4.33. The summed E-state index contributed by atoms with van der Waals surface area (Å²) in [4.78, 5) is 2.42. The maximum absolute atomic E-state index is 12.9. The molecule has 0 amide bonds. The fourth-order valence-electron chi connectivity index (χ4n) is 2.98. The smallest absolute Gasteiger partial charge is 0.123 e. The first-order chi connectivity index (χ1) is 11.7. The summed E-state index contributed by atoms with van der Waals surface area (Å²) in [6, 6.07) is 6.98. The average molecular weight is 330 g/mol. The highest BCUT2D eigenvalue weighted by atomic mass is 19.1. The van der Waals surface area contributed by atoms with Gasteiger partial charge in [0.25, 0.3) is 0 Å². The number of hydrogen-bond acceptors (Lipinski definition) is 4. The second-order valence-corrected chi connectivity index (χ2v) is 6.11. The molecule has 1 aliphatic heterocycles. The van der Waals surface area contributed by atoms with Crippen LogP contribution in [0.4, 0.5) is 4.39 Å². The Morgan fingerprint density at radius 1 is 1.25 bits per heavy atom. The van der Waals surface area contributed by atoms with Gasteiger partial charge in [0.1, 0.15) is 11.5 Å². The van der Waals surface area contributed by atoms with Crippen molar-refractivity contribution in [3.8, 4) is 0 Å². The Balaban J connectivity index is 1.45. The van der Waals surface area contributed by atoms with Crippen molar-refractivity contribution >= 4 is 6.08 Å². The van der Waals surface area contributed by atoms with Crippen LogP contribution in [0.25, 0.3) is 6.08 Å². The van der Waals surface area contributed by atoms with Crippen molar-refractivity contribution in [3.63, 3.8) is 0 Å². The van der Waals surface area contributed by atoms with E-state index in [1.54, 1.807) is 19.2 Å². The maximum Gasteiger partial charge on any atom is 0.123 e. The number of likely N-dealkylation sites (tertiary alicyclic amines) is 1. The zero-order valence-electron chi connectivity index (χ0n) is 13.9. The van der Waals surface area contributed by atoms with E-state index in [1.165, 1.54) is 12.1 Å². The molecule has 0 radical (unpaired) electrons. The summed E-state index contributed by atoms with van der Waals surface area (Å²) < 4.78 is 19.9. The molecule has 1 fully saturated rings. The van der Waals surface area contributed by atoms with Crippen LogP contribution < -0.4 is 0 Å². The van der Waals surface area contributed by atoms with Gasteiger partial charge in [-0.25, -0.2) is 9.07 Å². The van der Waals surface area contributed by atoms with Crippen molar-refractivity contribution in [2.45, 2.75) is 25.5 Å². The molecule has 0 unspecified atom stereocenters. The standard InChI is InChI=1S/C18H23FN4O/c1-24-14-17-13-23(21-20-17)18-8-11-22(12-9-18)10-2-3-15-4-6-16(19)7-5-15/h2-7,13,18H,8-12,14H2,1H3/b3-2+. The first-order valence-corrected chi connectivity index (χ1v) is 8.28. The molecule has 0 spiro atoms. The Hall–Kier alpha value is -2.05. The van der Waals surface area contributed by atoms with Crippen LogP contribution in [0.15, 0.2) is 36.5 Å². The van der Waals surface area contributed by atoms with E-state index in [1.807, 2.05) is 17.0 Å². The topological polar surface area (TPSA) is 43.2 Å². The van der Waals surface area contributed by atoms with E-state index in [0.717, 1.165) is 43.7 Å². The molecule has 2 heterocycles. The lowest BCUT2D eigenvalue weighted by Crippen LogP contribution is -2.34. The normalized spacial score (nSPS) is 16.9. The molecule has 3 rings (SSSR count). The molecule has 128 valence electrons. The summed E-state index contributed by atoms with van der Waals surface area (Å²) in [6.45, 7) is 3.50. The molecule has 24 heavy (non-hydrogen) atoms. The van der Waals surface area contributed by atoms with Crippen LogP contribution in [0, 0.1) is 5.82 Å². The molecule has 0 atom stereocenters. The highest BCUT2D eigenvalue weighted by Crippen LogP contribution is 2.21. The van der Waals surface area contributed by atoms with Gasteiger partial charge in [-0.05, 0) is 30.5 Å². The first kappa shape index (κ1) is 16.8. The number of benzene rings is 1. The summed E-state index contributed by atoms with van der Waals surface area (Å²) >= 11 is 0. The largest absolute Gasteiger partial charge is 0.378 e. The molecule has 0 aliphatic carbocycles. The lowest BCUT2D eigenvalue weighted by molar-refractivity contribution is 0.181. The quantitative estimate of drug-likeness (QED) is 0.817. The minimum atomic E-state index is -0.198. The van der Waals surface area contributed by atoms with E-state index >= 15 is 0 Å². The van der Waals surface area contributed by atoms with Crippen LogP contribution in [-0.2, 0) is 11.3 Å². The molecule has 1 aliphatic rings. The second kappa shape index (κ2) is 8.17. The Bertz CT molecular complexity index is 660. The van der Waals surface area contributed by atoms with Crippen molar-refractivity contribution < 1.29 is 9.13 Å². The zero-order chi connectivity index (χ0) is 16.8. The third-order valence-electron chi connectivity index (χ3n) is 4.33. The number of methoxy groups -OCH3 is 1. The van der Waals surface area contributed by atoms with Gasteiger partial charge in [-0.15, -0.1) is 5.10 Å². The molecule has 0 N–H and O–H groups in total. The Morgan fingerprint density at radius 2 is 2.00 bits per heavy atom. The van der Waals surface area contributed by atoms with Crippen molar-refractivity contribution in [2.75, 3.05) is 26.7 Å². The van der Waals surface area contributed by atoms with Crippen molar-refractivity contribution in [2.24, 2.45) is 0 Å². The second-order valence-electron chi connectivity index (χ2n) is 6.11. The van der Waals surface area contributed by atoms with Crippen LogP contribution in [0.1, 0.15) is 30.1 Å². The van der Waals surface area contributed by atoms with Gasteiger partial charge < -0.3 is 4.74 Å². The summed E-state index contributed by atoms with van der Waals surface area (Å²) in [5, 5.41) is 8.34. The van der Waals surface area contributed by atoms with Gasteiger partial charge in [0.05, 0.1) is 18.8 Å². The van der Waals surface area contributed by atoms with Crippen LogP contribution in [-0.4, -0.2) is 46.6 Å². The van der Waals surface area contributed by atoms with Crippen LogP contribution in [0.2, 0.25) is 0 Å². The SMILES string of the molecule is COCc1cn(C2CCN(C/C=C/c3ccc(F)cc3)CC2)nn1. The number of nitrogens with zero attached hydrogens (tertiary/aromatic N) is 4. The van der Waals surface area contributed by atoms with Gasteiger partial charge >= 0.3 is 0 Å². The molecule has 2 aromatic rings. The monoisotopic (exact) mass is 330 g/mol. The number of halogens is 1. The highest BCUT2D eigenvalue weighted by molar-refractivity contribution is 5.48. The van der Waals surface area contributed by atoms with Crippen molar-refractivity contribution in [1.29, 1.82) is 0 Å². The molecule has 1 saturated heterocycles. The summed E-state index contributed by atoms with van der Waals surface area (Å²) in [6.07, 6.45) is 8.30. The molecule has 0 saturated carbocycles. The van der Waals surface area contributed by atoms with E-state index < -0.39 is 0 Å².